The Morgan fingerprint density at radius 3 is 2.88 bits per heavy atom. The van der Waals surface area contributed by atoms with Gasteiger partial charge in [0.2, 0.25) is 5.95 Å². The molecule has 166 valence electrons. The van der Waals surface area contributed by atoms with Crippen LogP contribution in [0.3, 0.4) is 0 Å². The zero-order valence-electron chi connectivity index (χ0n) is 18.0. The highest BCUT2D eigenvalue weighted by Gasteiger charge is 2.30. The van der Waals surface area contributed by atoms with Gasteiger partial charge < -0.3 is 20.3 Å². The first-order valence-electron chi connectivity index (χ1n) is 10.8. The predicted octanol–water partition coefficient (Wildman–Crippen LogP) is 0.784. The highest BCUT2D eigenvalue weighted by molar-refractivity contribution is 6.41. The van der Waals surface area contributed by atoms with Gasteiger partial charge in [0, 0.05) is 38.2 Å². The number of morpholine rings is 1. The lowest BCUT2D eigenvalue weighted by Crippen LogP contribution is -2.58. The molecule has 32 heavy (non-hydrogen) atoms. The van der Waals surface area contributed by atoms with E-state index in [0.717, 1.165) is 48.7 Å². The number of nitrogens with one attached hydrogen (secondary N) is 3. The number of carbonyl (C=O) groups excluding carboxylic acids is 1. The van der Waals surface area contributed by atoms with Gasteiger partial charge in [0.1, 0.15) is 11.5 Å². The molecule has 0 bridgehead atoms. The maximum atomic E-state index is 12.7. The summed E-state index contributed by atoms with van der Waals surface area (Å²) in [7, 11) is 0. The van der Waals surface area contributed by atoms with E-state index in [1.165, 1.54) is 0 Å². The van der Waals surface area contributed by atoms with Crippen LogP contribution in [0.2, 0.25) is 0 Å². The second kappa shape index (κ2) is 9.01. The van der Waals surface area contributed by atoms with Crippen LogP contribution in [0.25, 0.3) is 0 Å². The second-order valence-corrected chi connectivity index (χ2v) is 8.12. The number of carbonyl (C=O) groups is 1. The summed E-state index contributed by atoms with van der Waals surface area (Å²) in [6, 6.07) is 8.21. The van der Waals surface area contributed by atoms with Crippen molar-refractivity contribution in [2.45, 2.75) is 19.4 Å². The van der Waals surface area contributed by atoms with Crippen molar-refractivity contribution in [2.75, 3.05) is 49.7 Å². The highest BCUT2D eigenvalue weighted by atomic mass is 16.5. The maximum Gasteiger partial charge on any atom is 0.266 e. The quantitative estimate of drug-likeness (QED) is 0.455. The van der Waals surface area contributed by atoms with Gasteiger partial charge in [0.15, 0.2) is 5.82 Å². The van der Waals surface area contributed by atoms with Crippen LogP contribution in [-0.2, 0) is 16.0 Å². The molecule has 10 nitrogen and oxygen atoms in total. The lowest BCUT2D eigenvalue weighted by molar-refractivity contribution is -0.115. The first-order chi connectivity index (χ1) is 15.7. The number of hydrazone groups is 1. The molecule has 0 atom stereocenters. The minimum absolute atomic E-state index is 0.144. The van der Waals surface area contributed by atoms with E-state index in [-0.39, 0.29) is 11.9 Å². The molecule has 4 heterocycles. The van der Waals surface area contributed by atoms with E-state index in [2.05, 4.69) is 36.0 Å². The molecule has 1 amide bonds. The Bertz CT molecular complexity index is 1070. The van der Waals surface area contributed by atoms with Crippen LogP contribution >= 0.6 is 0 Å². The minimum atomic E-state index is -0.144. The number of hydrogen-bond acceptors (Lipinski definition) is 9. The molecular formula is C22H26N8O2. The van der Waals surface area contributed by atoms with Gasteiger partial charge in [-0.1, -0.05) is 29.8 Å². The van der Waals surface area contributed by atoms with Crippen molar-refractivity contribution in [3.8, 4) is 0 Å². The summed E-state index contributed by atoms with van der Waals surface area (Å²) >= 11 is 0. The van der Waals surface area contributed by atoms with Crippen molar-refractivity contribution in [1.29, 1.82) is 0 Å². The number of aliphatic imine (C=N–C) groups is 1. The number of rotatable bonds is 6. The predicted molar refractivity (Wildman–Crippen MR) is 123 cm³/mol. The number of nitrogens with zero attached hydrogens (tertiary/aromatic N) is 5. The topological polar surface area (TPSA) is 116 Å². The van der Waals surface area contributed by atoms with Crippen LogP contribution in [0.4, 0.5) is 17.6 Å². The van der Waals surface area contributed by atoms with Crippen molar-refractivity contribution < 1.29 is 9.53 Å². The second-order valence-electron chi connectivity index (χ2n) is 8.12. The standard InChI is InChI=1S/C22H26N8O2/c1-14-3-2-4-15(9-14)11-24-29-22-27-19-17(20(28-22)30-5-7-32-8-6-30)10-18(26-19)21(31)25-16-12-23-13-16/h2-4,9,11,16,23H,5-8,10,12-13H2,1H3,(H,25,31)(H,27,28,29)/b24-11+. The fraction of sp³-hybridized carbons (Fsp3) is 0.409. The van der Waals surface area contributed by atoms with Gasteiger partial charge in [-0.15, -0.1) is 0 Å². The number of aromatic nitrogens is 2. The third-order valence-electron chi connectivity index (χ3n) is 5.66. The maximum absolute atomic E-state index is 12.7. The molecule has 2 saturated heterocycles. The molecular weight excluding hydrogens is 408 g/mol. The van der Waals surface area contributed by atoms with Crippen molar-refractivity contribution >= 4 is 35.4 Å². The number of aryl methyl sites for hydroxylation is 1. The van der Waals surface area contributed by atoms with E-state index < -0.39 is 0 Å². The average Bonchev–Trinajstić information content (AvgIpc) is 3.21. The van der Waals surface area contributed by atoms with E-state index in [1.807, 2.05) is 31.2 Å². The Morgan fingerprint density at radius 2 is 2.12 bits per heavy atom. The third-order valence-corrected chi connectivity index (χ3v) is 5.66. The Labute approximate surface area is 186 Å². The van der Waals surface area contributed by atoms with E-state index in [1.54, 1.807) is 6.21 Å². The molecule has 0 unspecified atom stereocenters. The Hall–Kier alpha value is -3.37. The molecule has 0 radical (unpaired) electrons. The molecule has 0 aliphatic carbocycles. The molecule has 10 heteroatoms. The summed E-state index contributed by atoms with van der Waals surface area (Å²) < 4.78 is 5.49. The number of fused-ring (bicyclic) bond motifs is 1. The lowest BCUT2D eigenvalue weighted by atomic mass is 10.1. The molecule has 0 saturated carbocycles. The lowest BCUT2D eigenvalue weighted by Gasteiger charge is -2.29. The zero-order valence-corrected chi connectivity index (χ0v) is 18.0. The number of anilines is 2. The van der Waals surface area contributed by atoms with Gasteiger partial charge in [-0.2, -0.15) is 15.1 Å². The fourth-order valence-electron chi connectivity index (χ4n) is 3.84. The van der Waals surface area contributed by atoms with Crippen molar-refractivity contribution in [3.05, 3.63) is 41.0 Å². The highest BCUT2D eigenvalue weighted by Crippen LogP contribution is 2.33. The average molecular weight is 435 g/mol. The van der Waals surface area contributed by atoms with Crippen LogP contribution < -0.4 is 21.0 Å². The number of hydrogen-bond donors (Lipinski definition) is 3. The number of benzene rings is 1. The molecule has 5 rings (SSSR count). The van der Waals surface area contributed by atoms with E-state index >= 15 is 0 Å². The Morgan fingerprint density at radius 1 is 1.28 bits per heavy atom. The van der Waals surface area contributed by atoms with Crippen LogP contribution in [0.1, 0.15) is 16.7 Å². The summed E-state index contributed by atoms with van der Waals surface area (Å²) in [4.78, 5) is 28.6. The van der Waals surface area contributed by atoms with Gasteiger partial charge in [0.05, 0.1) is 25.5 Å². The molecule has 2 aromatic rings. The van der Waals surface area contributed by atoms with E-state index in [0.29, 0.717) is 37.1 Å². The van der Waals surface area contributed by atoms with Crippen LogP contribution in [0.15, 0.2) is 34.4 Å². The summed E-state index contributed by atoms with van der Waals surface area (Å²) in [5.74, 6) is 1.51. The van der Waals surface area contributed by atoms with E-state index in [4.69, 9.17) is 9.72 Å². The minimum Gasteiger partial charge on any atom is -0.378 e. The molecule has 1 aromatic carbocycles. The normalized spacial score (nSPS) is 18.3. The molecule has 1 aromatic heterocycles. The first kappa shape index (κ1) is 20.5. The van der Waals surface area contributed by atoms with Gasteiger partial charge in [0.25, 0.3) is 5.91 Å². The first-order valence-corrected chi connectivity index (χ1v) is 10.8. The molecule has 0 spiro atoms. The van der Waals surface area contributed by atoms with Crippen LogP contribution in [0.5, 0.6) is 0 Å². The largest absolute Gasteiger partial charge is 0.378 e. The van der Waals surface area contributed by atoms with Gasteiger partial charge in [-0.25, -0.2) is 10.4 Å². The van der Waals surface area contributed by atoms with Crippen molar-refractivity contribution in [1.82, 2.24) is 20.6 Å². The SMILES string of the molecule is Cc1cccc(/C=N/Nc2nc3c(c(N4CCOCC4)n2)CC(C(=O)NC2CNC2)=N3)c1. The Balaban J connectivity index is 1.39. The molecule has 3 aliphatic rings. The van der Waals surface area contributed by atoms with E-state index in [9.17, 15) is 4.79 Å². The smallest absolute Gasteiger partial charge is 0.266 e. The number of ether oxygens (including phenoxy) is 1. The summed E-state index contributed by atoms with van der Waals surface area (Å²) in [5, 5.41) is 10.5. The van der Waals surface area contributed by atoms with Crippen LogP contribution in [0, 0.1) is 6.92 Å². The zero-order chi connectivity index (χ0) is 21.9. The van der Waals surface area contributed by atoms with Crippen molar-refractivity contribution in [3.63, 3.8) is 0 Å². The summed E-state index contributed by atoms with van der Waals surface area (Å²) in [6.07, 6.45) is 2.15. The van der Waals surface area contributed by atoms with Crippen LogP contribution in [-0.4, -0.2) is 73.2 Å². The van der Waals surface area contributed by atoms with Gasteiger partial charge in [-0.3, -0.25) is 4.79 Å². The summed E-state index contributed by atoms with van der Waals surface area (Å²) in [6.45, 7) is 6.34. The van der Waals surface area contributed by atoms with Gasteiger partial charge >= 0.3 is 0 Å². The molecule has 3 aliphatic heterocycles. The monoisotopic (exact) mass is 434 g/mol. The van der Waals surface area contributed by atoms with Crippen molar-refractivity contribution in [2.24, 2.45) is 10.1 Å². The molecule has 2 fully saturated rings. The summed E-state index contributed by atoms with van der Waals surface area (Å²) in [5.41, 5.74) is 6.41. The van der Waals surface area contributed by atoms with Gasteiger partial charge in [-0.05, 0) is 12.5 Å². The third kappa shape index (κ3) is 4.46. The molecule has 3 N–H and O–H groups in total. The fourth-order valence-corrected chi connectivity index (χ4v) is 3.84. The number of amides is 1. The Kier molecular flexibility index (Phi) is 5.78.